The number of rotatable bonds is 3. The van der Waals surface area contributed by atoms with E-state index in [4.69, 9.17) is 0 Å². The van der Waals surface area contributed by atoms with Gasteiger partial charge >= 0.3 is 6.09 Å². The fourth-order valence-corrected chi connectivity index (χ4v) is 2.40. The number of quaternary nitrogens is 1. The average molecular weight is 306 g/mol. The first-order valence-corrected chi connectivity index (χ1v) is 7.16. The summed E-state index contributed by atoms with van der Waals surface area (Å²) in [4.78, 5) is 37.7. The summed E-state index contributed by atoms with van der Waals surface area (Å²) in [5.41, 5.74) is 0.675. The van der Waals surface area contributed by atoms with Crippen molar-refractivity contribution in [3.63, 3.8) is 0 Å². The zero-order chi connectivity index (χ0) is 15.9. The number of alkyl carbamates (subject to hydrolysis) is 1. The molecule has 2 N–H and O–H groups in total. The summed E-state index contributed by atoms with van der Waals surface area (Å²) in [6.07, 6.45) is -0.748. The van der Waals surface area contributed by atoms with Gasteiger partial charge in [-0.3, -0.25) is 14.9 Å². The molecular weight excluding hydrogens is 286 g/mol. The number of carbonyl (C=O) groups is 3. The number of amides is 3. The number of methoxy groups -OCH3 is 1. The molecule has 1 aromatic rings. The molecule has 1 fully saturated rings. The van der Waals surface area contributed by atoms with Crippen LogP contribution in [-0.2, 0) is 9.53 Å². The molecule has 1 saturated heterocycles. The maximum atomic E-state index is 12.3. The summed E-state index contributed by atoms with van der Waals surface area (Å²) in [6, 6.07) is 9.15. The first kappa shape index (κ1) is 16.0. The van der Waals surface area contributed by atoms with Crippen molar-refractivity contribution in [3.8, 4) is 0 Å². The van der Waals surface area contributed by atoms with Gasteiger partial charge in [-0.2, -0.15) is 0 Å². The van der Waals surface area contributed by atoms with E-state index in [1.165, 1.54) is 7.11 Å². The summed E-state index contributed by atoms with van der Waals surface area (Å²) in [5, 5.41) is 2.14. The molecule has 0 radical (unpaired) electrons. The van der Waals surface area contributed by atoms with Crippen LogP contribution in [0.15, 0.2) is 30.3 Å². The standard InChI is InChI=1S/C15H19N3O4/c1-22-15(21)16-13(19)11-17-7-9-18(10-8-17)14(20)12-5-3-2-4-6-12/h2-6H,7-11H2,1H3,(H,16,19,21)/p+1. The van der Waals surface area contributed by atoms with E-state index in [2.05, 4.69) is 10.1 Å². The Balaban J connectivity index is 1.79. The molecule has 118 valence electrons. The third kappa shape index (κ3) is 4.29. The number of nitrogens with zero attached hydrogens (tertiary/aromatic N) is 1. The fraction of sp³-hybridized carbons (Fsp3) is 0.400. The van der Waals surface area contributed by atoms with Crippen molar-refractivity contribution in [3.05, 3.63) is 35.9 Å². The smallest absolute Gasteiger partial charge is 0.413 e. The third-order valence-corrected chi connectivity index (χ3v) is 3.62. The molecule has 2 rings (SSSR count). The molecule has 22 heavy (non-hydrogen) atoms. The topological polar surface area (TPSA) is 80.2 Å². The van der Waals surface area contributed by atoms with Gasteiger partial charge in [0.2, 0.25) is 0 Å². The van der Waals surface area contributed by atoms with Crippen LogP contribution in [0.5, 0.6) is 0 Å². The summed E-state index contributed by atoms with van der Waals surface area (Å²) >= 11 is 0. The van der Waals surface area contributed by atoms with Gasteiger partial charge in [-0.05, 0) is 12.1 Å². The Labute approximate surface area is 128 Å². The maximum absolute atomic E-state index is 12.3. The lowest BCUT2D eigenvalue weighted by atomic mass is 10.2. The van der Waals surface area contributed by atoms with E-state index in [1.54, 1.807) is 17.0 Å². The number of benzene rings is 1. The summed E-state index contributed by atoms with van der Waals surface area (Å²) < 4.78 is 4.37. The molecule has 1 aromatic carbocycles. The minimum absolute atomic E-state index is 0.0127. The van der Waals surface area contributed by atoms with E-state index in [0.717, 1.165) is 4.90 Å². The number of nitrogens with one attached hydrogen (secondary N) is 2. The highest BCUT2D eigenvalue weighted by Gasteiger charge is 2.26. The van der Waals surface area contributed by atoms with Crippen LogP contribution in [0.2, 0.25) is 0 Å². The number of piperazine rings is 1. The Morgan fingerprint density at radius 1 is 1.18 bits per heavy atom. The van der Waals surface area contributed by atoms with Gasteiger partial charge in [-0.15, -0.1) is 0 Å². The zero-order valence-electron chi connectivity index (χ0n) is 12.5. The molecule has 1 aliphatic rings. The van der Waals surface area contributed by atoms with E-state index in [9.17, 15) is 14.4 Å². The van der Waals surface area contributed by atoms with Gasteiger partial charge in [-0.1, -0.05) is 18.2 Å². The van der Waals surface area contributed by atoms with Crippen molar-refractivity contribution in [2.45, 2.75) is 0 Å². The Morgan fingerprint density at radius 3 is 2.41 bits per heavy atom. The molecule has 7 heteroatoms. The molecule has 0 aromatic heterocycles. The minimum Gasteiger partial charge on any atom is -0.453 e. The van der Waals surface area contributed by atoms with Crippen molar-refractivity contribution in [1.29, 1.82) is 0 Å². The van der Waals surface area contributed by atoms with Crippen LogP contribution in [0.3, 0.4) is 0 Å². The van der Waals surface area contributed by atoms with E-state index in [-0.39, 0.29) is 18.4 Å². The second-order valence-electron chi connectivity index (χ2n) is 5.12. The lowest BCUT2D eigenvalue weighted by Crippen LogP contribution is -3.15. The summed E-state index contributed by atoms with van der Waals surface area (Å²) in [7, 11) is 1.21. The Hall–Kier alpha value is -2.41. The fourth-order valence-electron chi connectivity index (χ4n) is 2.40. The Bertz CT molecular complexity index is 539. The third-order valence-electron chi connectivity index (χ3n) is 3.62. The largest absolute Gasteiger partial charge is 0.453 e. The second-order valence-corrected chi connectivity index (χ2v) is 5.12. The van der Waals surface area contributed by atoms with E-state index in [1.807, 2.05) is 18.2 Å². The van der Waals surface area contributed by atoms with Crippen molar-refractivity contribution >= 4 is 17.9 Å². The Morgan fingerprint density at radius 2 is 1.82 bits per heavy atom. The van der Waals surface area contributed by atoms with E-state index in [0.29, 0.717) is 31.7 Å². The number of hydrogen-bond acceptors (Lipinski definition) is 4. The minimum atomic E-state index is -0.748. The van der Waals surface area contributed by atoms with Gasteiger partial charge in [0.05, 0.1) is 33.3 Å². The maximum Gasteiger partial charge on any atom is 0.413 e. The van der Waals surface area contributed by atoms with Crippen LogP contribution in [-0.4, -0.2) is 62.6 Å². The lowest BCUT2D eigenvalue weighted by molar-refractivity contribution is -0.895. The highest BCUT2D eigenvalue weighted by Crippen LogP contribution is 2.04. The lowest BCUT2D eigenvalue weighted by Gasteiger charge is -2.31. The van der Waals surface area contributed by atoms with Crippen LogP contribution < -0.4 is 10.2 Å². The van der Waals surface area contributed by atoms with Crippen LogP contribution in [0, 0.1) is 0 Å². The molecule has 3 amide bonds. The van der Waals surface area contributed by atoms with Crippen molar-refractivity contribution in [2.24, 2.45) is 0 Å². The van der Waals surface area contributed by atoms with Crippen LogP contribution in [0.1, 0.15) is 10.4 Å². The van der Waals surface area contributed by atoms with Gasteiger partial charge in [0, 0.05) is 5.56 Å². The highest BCUT2D eigenvalue weighted by atomic mass is 16.5. The molecule has 0 spiro atoms. The highest BCUT2D eigenvalue weighted by molar-refractivity contribution is 5.94. The van der Waals surface area contributed by atoms with E-state index < -0.39 is 6.09 Å². The first-order valence-electron chi connectivity index (χ1n) is 7.16. The van der Waals surface area contributed by atoms with Gasteiger partial charge in [-0.25, -0.2) is 4.79 Å². The zero-order valence-corrected chi connectivity index (χ0v) is 12.5. The molecule has 0 aliphatic carbocycles. The predicted octanol–water partition coefficient (Wildman–Crippen LogP) is -1.09. The molecule has 0 atom stereocenters. The molecular formula is C15H20N3O4+. The van der Waals surface area contributed by atoms with Crippen LogP contribution in [0.25, 0.3) is 0 Å². The van der Waals surface area contributed by atoms with E-state index >= 15 is 0 Å². The SMILES string of the molecule is COC(=O)NC(=O)C[NH+]1CCN(C(=O)c2ccccc2)CC1. The van der Waals surface area contributed by atoms with Gasteiger partial charge in [0.1, 0.15) is 0 Å². The molecule has 0 saturated carbocycles. The van der Waals surface area contributed by atoms with Gasteiger partial charge in [0.15, 0.2) is 6.54 Å². The quantitative estimate of drug-likeness (QED) is 0.744. The molecule has 0 bridgehead atoms. The van der Waals surface area contributed by atoms with Crippen LogP contribution >= 0.6 is 0 Å². The number of ether oxygens (including phenoxy) is 1. The van der Waals surface area contributed by atoms with Crippen molar-refractivity contribution in [2.75, 3.05) is 39.8 Å². The average Bonchev–Trinajstić information content (AvgIpc) is 2.55. The number of imide groups is 1. The predicted molar refractivity (Wildman–Crippen MR) is 78.5 cm³/mol. The van der Waals surface area contributed by atoms with Crippen LogP contribution in [0.4, 0.5) is 4.79 Å². The summed E-state index contributed by atoms with van der Waals surface area (Å²) in [5.74, 6) is -0.358. The van der Waals surface area contributed by atoms with Crippen molar-refractivity contribution < 1.29 is 24.0 Å². The van der Waals surface area contributed by atoms with Gasteiger partial charge < -0.3 is 14.5 Å². The number of carbonyl (C=O) groups excluding carboxylic acids is 3. The molecule has 1 heterocycles. The summed E-state index contributed by atoms with van der Waals surface area (Å²) in [6.45, 7) is 2.73. The first-order chi connectivity index (χ1) is 10.6. The normalized spacial score (nSPS) is 15.2. The molecule has 0 unspecified atom stereocenters. The van der Waals surface area contributed by atoms with Gasteiger partial charge in [0.25, 0.3) is 11.8 Å². The monoisotopic (exact) mass is 306 g/mol. The molecule has 7 nitrogen and oxygen atoms in total. The Kier molecular flexibility index (Phi) is 5.48. The number of hydrogen-bond donors (Lipinski definition) is 2. The molecule has 1 aliphatic heterocycles. The second kappa shape index (κ2) is 7.56. The van der Waals surface area contributed by atoms with Crippen molar-refractivity contribution in [1.82, 2.24) is 10.2 Å².